The highest BCUT2D eigenvalue weighted by molar-refractivity contribution is 9.10. The average Bonchev–Trinajstić information content (AvgIpc) is 3.13. The Bertz CT molecular complexity index is 831. The summed E-state index contributed by atoms with van der Waals surface area (Å²) in [5.41, 5.74) is 1.47. The zero-order valence-electron chi connectivity index (χ0n) is 13.8. The topological polar surface area (TPSA) is 47.4 Å². The first-order valence-corrected chi connectivity index (χ1v) is 8.67. The Kier molecular flexibility index (Phi) is 5.50. The standard InChI is InChI=1S/C19H18BrN3O2/c1-22(11-12-25-18-9-7-16(20)8-10-18)19(24)15-13-21-23(14-15)17-5-3-2-4-6-17/h2-10,13-14H,11-12H2,1H3. The number of carbonyl (C=O) groups excluding carboxylic acids is 1. The molecular weight excluding hydrogens is 382 g/mol. The van der Waals surface area contributed by atoms with Crippen LogP contribution in [0.25, 0.3) is 5.69 Å². The van der Waals surface area contributed by atoms with Crippen molar-refractivity contribution in [2.45, 2.75) is 0 Å². The van der Waals surface area contributed by atoms with E-state index in [1.807, 2.05) is 54.6 Å². The Balaban J connectivity index is 1.55. The van der Waals surface area contributed by atoms with Gasteiger partial charge < -0.3 is 9.64 Å². The molecule has 3 rings (SSSR count). The number of halogens is 1. The second kappa shape index (κ2) is 7.98. The molecule has 0 saturated heterocycles. The van der Waals surface area contributed by atoms with E-state index in [4.69, 9.17) is 4.74 Å². The summed E-state index contributed by atoms with van der Waals surface area (Å²) in [5, 5.41) is 4.26. The van der Waals surface area contributed by atoms with Crippen LogP contribution < -0.4 is 4.74 Å². The molecule has 0 spiro atoms. The summed E-state index contributed by atoms with van der Waals surface area (Å²) in [5.74, 6) is 0.697. The number of likely N-dealkylation sites (N-methyl/N-ethyl adjacent to an activating group) is 1. The zero-order valence-corrected chi connectivity index (χ0v) is 15.4. The SMILES string of the molecule is CN(CCOc1ccc(Br)cc1)C(=O)c1cnn(-c2ccccc2)c1. The number of amides is 1. The van der Waals surface area contributed by atoms with Gasteiger partial charge in [0.25, 0.3) is 5.91 Å². The van der Waals surface area contributed by atoms with Crippen LogP contribution >= 0.6 is 15.9 Å². The maximum Gasteiger partial charge on any atom is 0.256 e. The number of hydrogen-bond donors (Lipinski definition) is 0. The molecule has 2 aromatic carbocycles. The number of carbonyl (C=O) groups is 1. The molecule has 0 saturated carbocycles. The van der Waals surface area contributed by atoms with Gasteiger partial charge in [-0.2, -0.15) is 5.10 Å². The first-order valence-electron chi connectivity index (χ1n) is 7.87. The van der Waals surface area contributed by atoms with Gasteiger partial charge in [0, 0.05) is 17.7 Å². The minimum absolute atomic E-state index is 0.0819. The molecule has 1 heterocycles. The number of para-hydroxylation sites is 1. The van der Waals surface area contributed by atoms with Gasteiger partial charge in [-0.1, -0.05) is 34.1 Å². The third kappa shape index (κ3) is 4.48. The van der Waals surface area contributed by atoms with Crippen LogP contribution in [-0.2, 0) is 0 Å². The summed E-state index contributed by atoms with van der Waals surface area (Å²) < 4.78 is 8.35. The van der Waals surface area contributed by atoms with Crippen molar-refractivity contribution >= 4 is 21.8 Å². The van der Waals surface area contributed by atoms with E-state index in [2.05, 4.69) is 21.0 Å². The Morgan fingerprint density at radius 1 is 1.16 bits per heavy atom. The summed E-state index contributed by atoms with van der Waals surface area (Å²) in [6.07, 6.45) is 3.32. The average molecular weight is 400 g/mol. The molecule has 0 aliphatic rings. The van der Waals surface area contributed by atoms with Crippen molar-refractivity contribution in [2.75, 3.05) is 20.2 Å². The van der Waals surface area contributed by atoms with E-state index in [0.29, 0.717) is 18.7 Å². The molecule has 0 aliphatic carbocycles. The van der Waals surface area contributed by atoms with Crippen LogP contribution in [0.3, 0.4) is 0 Å². The monoisotopic (exact) mass is 399 g/mol. The van der Waals surface area contributed by atoms with Gasteiger partial charge in [0.2, 0.25) is 0 Å². The Labute approximate surface area is 155 Å². The van der Waals surface area contributed by atoms with E-state index in [1.54, 1.807) is 29.0 Å². The van der Waals surface area contributed by atoms with Crippen molar-refractivity contribution in [3.05, 3.63) is 77.0 Å². The Hall–Kier alpha value is -2.60. The van der Waals surface area contributed by atoms with Crippen LogP contribution in [0.15, 0.2) is 71.5 Å². The molecule has 25 heavy (non-hydrogen) atoms. The lowest BCUT2D eigenvalue weighted by molar-refractivity contribution is 0.0774. The molecule has 0 unspecified atom stereocenters. The molecule has 5 nitrogen and oxygen atoms in total. The summed E-state index contributed by atoms with van der Waals surface area (Å²) in [4.78, 5) is 14.1. The highest BCUT2D eigenvalue weighted by Gasteiger charge is 2.14. The van der Waals surface area contributed by atoms with E-state index in [-0.39, 0.29) is 5.91 Å². The predicted molar refractivity (Wildman–Crippen MR) is 100 cm³/mol. The van der Waals surface area contributed by atoms with Gasteiger partial charge in [-0.3, -0.25) is 4.79 Å². The largest absolute Gasteiger partial charge is 0.492 e. The maximum absolute atomic E-state index is 12.5. The van der Waals surface area contributed by atoms with Crippen LogP contribution in [-0.4, -0.2) is 40.8 Å². The van der Waals surface area contributed by atoms with Gasteiger partial charge in [0.1, 0.15) is 12.4 Å². The van der Waals surface area contributed by atoms with E-state index >= 15 is 0 Å². The van der Waals surface area contributed by atoms with Crippen molar-refractivity contribution in [2.24, 2.45) is 0 Å². The molecule has 6 heteroatoms. The third-order valence-corrected chi connectivity index (χ3v) is 4.23. The molecular formula is C19H18BrN3O2. The van der Waals surface area contributed by atoms with Gasteiger partial charge in [-0.05, 0) is 36.4 Å². The first-order chi connectivity index (χ1) is 12.1. The fourth-order valence-electron chi connectivity index (χ4n) is 2.31. The van der Waals surface area contributed by atoms with Crippen LogP contribution in [0.1, 0.15) is 10.4 Å². The van der Waals surface area contributed by atoms with Crippen molar-refractivity contribution in [3.8, 4) is 11.4 Å². The molecule has 0 atom stereocenters. The molecule has 0 N–H and O–H groups in total. The second-order valence-corrected chi connectivity index (χ2v) is 6.45. The summed E-state index contributed by atoms with van der Waals surface area (Å²) in [6, 6.07) is 17.3. The van der Waals surface area contributed by atoms with Gasteiger partial charge in [0.05, 0.1) is 24.0 Å². The lowest BCUT2D eigenvalue weighted by Crippen LogP contribution is -2.30. The molecule has 0 radical (unpaired) electrons. The zero-order chi connectivity index (χ0) is 17.6. The van der Waals surface area contributed by atoms with Crippen LogP contribution in [0, 0.1) is 0 Å². The maximum atomic E-state index is 12.5. The number of rotatable bonds is 6. The normalized spacial score (nSPS) is 10.5. The fraction of sp³-hybridized carbons (Fsp3) is 0.158. The lowest BCUT2D eigenvalue weighted by Gasteiger charge is -2.16. The van der Waals surface area contributed by atoms with E-state index < -0.39 is 0 Å². The number of ether oxygens (including phenoxy) is 1. The first kappa shape index (κ1) is 17.2. The minimum Gasteiger partial charge on any atom is -0.492 e. The van der Waals surface area contributed by atoms with E-state index in [1.165, 1.54) is 0 Å². The summed E-state index contributed by atoms with van der Waals surface area (Å²) >= 11 is 3.38. The molecule has 0 aliphatic heterocycles. The van der Waals surface area contributed by atoms with Gasteiger partial charge in [0.15, 0.2) is 0 Å². The van der Waals surface area contributed by atoms with Gasteiger partial charge >= 0.3 is 0 Å². The molecule has 3 aromatic rings. The highest BCUT2D eigenvalue weighted by Crippen LogP contribution is 2.16. The van der Waals surface area contributed by atoms with E-state index in [0.717, 1.165) is 15.9 Å². The molecule has 1 amide bonds. The molecule has 0 fully saturated rings. The van der Waals surface area contributed by atoms with Crippen molar-refractivity contribution in [1.29, 1.82) is 0 Å². The summed E-state index contributed by atoms with van der Waals surface area (Å²) in [6.45, 7) is 0.919. The van der Waals surface area contributed by atoms with Crippen LogP contribution in [0.5, 0.6) is 5.75 Å². The second-order valence-electron chi connectivity index (χ2n) is 5.54. The van der Waals surface area contributed by atoms with Gasteiger partial charge in [-0.15, -0.1) is 0 Å². The Morgan fingerprint density at radius 2 is 1.88 bits per heavy atom. The van der Waals surface area contributed by atoms with Crippen LogP contribution in [0.4, 0.5) is 0 Å². The number of hydrogen-bond acceptors (Lipinski definition) is 3. The number of aromatic nitrogens is 2. The van der Waals surface area contributed by atoms with Gasteiger partial charge in [-0.25, -0.2) is 4.68 Å². The fourth-order valence-corrected chi connectivity index (χ4v) is 2.57. The van der Waals surface area contributed by atoms with Crippen molar-refractivity contribution < 1.29 is 9.53 Å². The molecule has 128 valence electrons. The lowest BCUT2D eigenvalue weighted by atomic mass is 10.3. The van der Waals surface area contributed by atoms with Crippen molar-refractivity contribution in [3.63, 3.8) is 0 Å². The number of benzene rings is 2. The van der Waals surface area contributed by atoms with Crippen molar-refractivity contribution in [1.82, 2.24) is 14.7 Å². The third-order valence-electron chi connectivity index (χ3n) is 3.71. The minimum atomic E-state index is -0.0819. The highest BCUT2D eigenvalue weighted by atomic mass is 79.9. The predicted octanol–water partition coefficient (Wildman–Crippen LogP) is 3.79. The van der Waals surface area contributed by atoms with E-state index in [9.17, 15) is 4.79 Å². The smallest absolute Gasteiger partial charge is 0.256 e. The van der Waals surface area contributed by atoms with Crippen LogP contribution in [0.2, 0.25) is 0 Å². The summed E-state index contributed by atoms with van der Waals surface area (Å²) in [7, 11) is 1.76. The quantitative estimate of drug-likeness (QED) is 0.633. The Morgan fingerprint density at radius 3 is 2.60 bits per heavy atom. The number of nitrogens with zero attached hydrogens (tertiary/aromatic N) is 3. The molecule has 0 bridgehead atoms. The molecule has 1 aromatic heterocycles.